The van der Waals surface area contributed by atoms with Crippen molar-refractivity contribution in [3.63, 3.8) is 0 Å². The number of hydrogen-bond acceptors (Lipinski definition) is 9. The van der Waals surface area contributed by atoms with E-state index >= 15 is 0 Å². The van der Waals surface area contributed by atoms with Crippen LogP contribution in [0.3, 0.4) is 0 Å². The van der Waals surface area contributed by atoms with E-state index in [1.807, 2.05) is 0 Å². The highest BCUT2D eigenvalue weighted by molar-refractivity contribution is 6.04. The maximum absolute atomic E-state index is 12.7. The molecule has 17 heteroatoms. The summed E-state index contributed by atoms with van der Waals surface area (Å²) in [5, 5.41) is 12.0. The van der Waals surface area contributed by atoms with Gasteiger partial charge in [0.15, 0.2) is 0 Å². The van der Waals surface area contributed by atoms with Crippen molar-refractivity contribution >= 4 is 35.5 Å². The smallest absolute Gasteiger partial charge is 0.475 e. The number of carboxylic acids is 1. The van der Waals surface area contributed by atoms with Crippen molar-refractivity contribution in [2.45, 2.75) is 33.1 Å². The molecule has 4 amide bonds. The molecule has 41 heavy (non-hydrogen) atoms. The number of carbonyl (C=O) groups excluding carboxylic acids is 3. The van der Waals surface area contributed by atoms with Crippen LogP contribution in [0.15, 0.2) is 53.5 Å². The van der Waals surface area contributed by atoms with Crippen LogP contribution in [0.5, 0.6) is 0 Å². The lowest BCUT2D eigenvalue weighted by Crippen LogP contribution is -2.44. The van der Waals surface area contributed by atoms with Crippen LogP contribution in [0.25, 0.3) is 0 Å². The van der Waals surface area contributed by atoms with Crippen LogP contribution < -0.4 is 32.8 Å². The van der Waals surface area contributed by atoms with Gasteiger partial charge in [0, 0.05) is 29.7 Å². The first kappa shape index (κ1) is 31.7. The molecule has 0 radical (unpaired) electrons. The highest BCUT2D eigenvalue weighted by atomic mass is 19.4. The van der Waals surface area contributed by atoms with Crippen molar-refractivity contribution in [1.29, 1.82) is 0 Å². The summed E-state index contributed by atoms with van der Waals surface area (Å²) in [6, 6.07) is 10.7. The largest absolute Gasteiger partial charge is 0.490 e. The van der Waals surface area contributed by atoms with Gasteiger partial charge >= 0.3 is 18.2 Å². The third kappa shape index (κ3) is 9.97. The average molecular weight is 579 g/mol. The second kappa shape index (κ2) is 14.1. The Morgan fingerprint density at radius 3 is 2.27 bits per heavy atom. The van der Waals surface area contributed by atoms with Crippen molar-refractivity contribution < 1.29 is 37.5 Å². The number of aliphatic carboxylic acids is 1. The van der Waals surface area contributed by atoms with Gasteiger partial charge in [-0.1, -0.05) is 24.3 Å². The number of pyridine rings is 1. The molecule has 7 N–H and O–H groups in total. The Hall–Kier alpha value is -5.48. The van der Waals surface area contributed by atoms with E-state index in [1.54, 1.807) is 56.3 Å². The van der Waals surface area contributed by atoms with Gasteiger partial charge in [0.05, 0.1) is 0 Å². The Labute approximate surface area is 229 Å². The summed E-state index contributed by atoms with van der Waals surface area (Å²) in [6.45, 7) is 3.36. The van der Waals surface area contributed by atoms with Crippen LogP contribution in [0.1, 0.15) is 27.3 Å². The van der Waals surface area contributed by atoms with Crippen LogP contribution in [0.4, 0.5) is 29.6 Å². The number of hydrogen-bond donors (Lipinski definition) is 6. The summed E-state index contributed by atoms with van der Waals surface area (Å²) in [4.78, 5) is 66.2. The molecule has 0 saturated carbocycles. The van der Waals surface area contributed by atoms with Gasteiger partial charge in [-0.3, -0.25) is 29.7 Å². The molecule has 0 aliphatic heterocycles. The van der Waals surface area contributed by atoms with E-state index in [1.165, 1.54) is 10.8 Å². The molecule has 2 heterocycles. The first-order chi connectivity index (χ1) is 19.2. The number of nitrogens with one attached hydrogen (secondary N) is 4. The summed E-state index contributed by atoms with van der Waals surface area (Å²) < 4.78 is 32.9. The molecule has 0 spiro atoms. The van der Waals surface area contributed by atoms with Gasteiger partial charge in [0.2, 0.25) is 11.7 Å². The van der Waals surface area contributed by atoms with Crippen molar-refractivity contribution in [2.24, 2.45) is 0 Å². The molecule has 0 bridgehead atoms. The highest BCUT2D eigenvalue weighted by Gasteiger charge is 2.38. The monoisotopic (exact) mass is 578 g/mol. The zero-order valence-electron chi connectivity index (χ0n) is 21.6. The molecule has 218 valence electrons. The minimum absolute atomic E-state index is 0.221. The maximum Gasteiger partial charge on any atom is 0.490 e. The van der Waals surface area contributed by atoms with Gasteiger partial charge in [-0.2, -0.15) is 13.2 Å². The minimum Gasteiger partial charge on any atom is -0.475 e. The molecule has 0 unspecified atom stereocenters. The molecule has 0 aliphatic carbocycles. The maximum atomic E-state index is 12.7. The predicted octanol–water partition coefficient (Wildman–Crippen LogP) is 1.25. The molecule has 3 rings (SSSR count). The van der Waals surface area contributed by atoms with Crippen molar-refractivity contribution in [2.75, 3.05) is 11.2 Å². The quantitative estimate of drug-likeness (QED) is 0.221. The van der Waals surface area contributed by atoms with E-state index < -0.39 is 35.6 Å². The van der Waals surface area contributed by atoms with Crippen LogP contribution in [-0.2, 0) is 22.7 Å². The molecule has 0 aliphatic rings. The summed E-state index contributed by atoms with van der Waals surface area (Å²) in [7, 11) is 0. The Morgan fingerprint density at radius 1 is 1.05 bits per heavy atom. The second-order valence-corrected chi connectivity index (χ2v) is 8.10. The van der Waals surface area contributed by atoms with Crippen LogP contribution in [0.2, 0.25) is 0 Å². The number of hydrazine groups is 1. The molecular formula is C24H25F3N8O6. The van der Waals surface area contributed by atoms with Gasteiger partial charge in [-0.25, -0.2) is 25.0 Å². The number of carbonyl (C=O) groups is 4. The minimum atomic E-state index is -5.08. The molecular weight excluding hydrogens is 553 g/mol. The number of halogens is 3. The van der Waals surface area contributed by atoms with Crippen LogP contribution in [0, 0.1) is 13.8 Å². The molecule has 0 atom stereocenters. The Balaban J connectivity index is 0.000000745. The molecule has 0 saturated heterocycles. The lowest BCUT2D eigenvalue weighted by molar-refractivity contribution is -0.192. The predicted molar refractivity (Wildman–Crippen MR) is 138 cm³/mol. The van der Waals surface area contributed by atoms with Gasteiger partial charge in [0.1, 0.15) is 12.4 Å². The number of aryl methyl sites for hydroxylation is 2. The Kier molecular flexibility index (Phi) is 10.9. The number of aromatic nitrogens is 3. The number of nitrogens with zero attached hydrogens (tertiary/aromatic N) is 3. The lowest BCUT2D eigenvalue weighted by Gasteiger charge is -2.13. The fourth-order valence-corrected chi connectivity index (χ4v) is 2.95. The van der Waals surface area contributed by atoms with Crippen molar-refractivity contribution in [3.8, 4) is 0 Å². The normalized spacial score (nSPS) is 10.5. The van der Waals surface area contributed by atoms with Crippen molar-refractivity contribution in [3.05, 3.63) is 81.5 Å². The zero-order valence-corrected chi connectivity index (χ0v) is 21.6. The van der Waals surface area contributed by atoms with Crippen LogP contribution in [-0.4, -0.2) is 49.6 Å². The number of rotatable bonds is 7. The molecule has 3 aromatic rings. The van der Waals surface area contributed by atoms with Crippen molar-refractivity contribution in [1.82, 2.24) is 30.6 Å². The van der Waals surface area contributed by atoms with Gasteiger partial charge in [-0.05, 0) is 37.6 Å². The number of nitrogens with two attached hydrogens (primary N) is 1. The SMILES string of the molecule is Cc1nc(N)ccc1CNC(=O)Cn1c(C)cnc(NNC(=O)NC(=O)c2ccccc2)c1=O.O=C(O)C(F)(F)F. The van der Waals surface area contributed by atoms with E-state index in [0.717, 1.165) is 5.56 Å². The summed E-state index contributed by atoms with van der Waals surface area (Å²) in [6.07, 6.45) is -3.71. The second-order valence-electron chi connectivity index (χ2n) is 8.10. The van der Waals surface area contributed by atoms with Gasteiger partial charge in [-0.15, -0.1) is 0 Å². The molecule has 1 aromatic carbocycles. The molecule has 14 nitrogen and oxygen atoms in total. The Bertz CT molecular complexity index is 1480. The van der Waals surface area contributed by atoms with E-state index in [0.29, 0.717) is 22.8 Å². The number of imide groups is 1. The number of benzene rings is 1. The summed E-state index contributed by atoms with van der Waals surface area (Å²) in [5.41, 5.74) is 11.8. The highest BCUT2D eigenvalue weighted by Crippen LogP contribution is 2.13. The Morgan fingerprint density at radius 2 is 1.68 bits per heavy atom. The van der Waals surface area contributed by atoms with Gasteiger partial charge in [0.25, 0.3) is 11.5 Å². The first-order valence-electron chi connectivity index (χ1n) is 11.5. The first-order valence-corrected chi connectivity index (χ1v) is 11.5. The molecule has 0 fully saturated rings. The third-order valence-corrected chi connectivity index (χ3v) is 5.05. The fraction of sp³-hybridized carbons (Fsp3) is 0.208. The average Bonchev–Trinajstić information content (AvgIpc) is 2.90. The third-order valence-electron chi connectivity index (χ3n) is 5.05. The van der Waals surface area contributed by atoms with E-state index in [4.69, 9.17) is 15.6 Å². The van der Waals surface area contributed by atoms with E-state index in [-0.39, 0.29) is 18.9 Å². The summed E-state index contributed by atoms with van der Waals surface area (Å²) >= 11 is 0. The van der Waals surface area contributed by atoms with Crippen LogP contribution >= 0.6 is 0 Å². The number of urea groups is 1. The number of carboxylic acid groups (broad SMARTS) is 1. The number of alkyl halides is 3. The number of nitrogen functional groups attached to an aromatic ring is 1. The fourth-order valence-electron chi connectivity index (χ4n) is 2.95. The molecule has 2 aromatic heterocycles. The number of anilines is 2. The topological polar surface area (TPSA) is 210 Å². The summed E-state index contributed by atoms with van der Waals surface area (Å²) in [5.74, 6) is -3.61. The zero-order chi connectivity index (χ0) is 30.7. The van der Waals surface area contributed by atoms with Gasteiger partial charge < -0.3 is 16.2 Å². The standard InChI is InChI=1S/C22H24N8O4.C2HF3O2/c1-13-10-25-19(28-29-22(34)27-20(32)15-6-4-3-5-7-15)21(33)30(13)12-18(31)24-11-16-8-9-17(23)26-14(16)2;3-2(4,5)1(6)7/h3-10H,11-12H2,1-2H3,(H2,23,26)(H,24,31)(H,25,28)(H2,27,29,32,34);(H,6,7). The number of amides is 4. The van der Waals surface area contributed by atoms with E-state index in [2.05, 4.69) is 31.5 Å². The lowest BCUT2D eigenvalue weighted by atomic mass is 10.2. The van der Waals surface area contributed by atoms with E-state index in [9.17, 15) is 32.3 Å².